The molecule has 78 valence electrons. The fourth-order valence-electron chi connectivity index (χ4n) is 1.21. The van der Waals surface area contributed by atoms with Gasteiger partial charge >= 0.3 is 0 Å². The zero-order chi connectivity index (χ0) is 9.90. The average molecular weight is 223 g/mol. The fraction of sp³-hybridized carbons (Fsp3) is 1.00. The van der Waals surface area contributed by atoms with E-state index in [1.165, 1.54) is 17.8 Å². The molecule has 1 aliphatic rings. The third kappa shape index (κ3) is 4.88. The minimum atomic E-state index is -2.79. The highest BCUT2D eigenvalue weighted by molar-refractivity contribution is 8.00. The summed E-state index contributed by atoms with van der Waals surface area (Å²) in [4.78, 5) is 0. The molecule has 0 aromatic rings. The summed E-state index contributed by atoms with van der Waals surface area (Å²) in [6.45, 7) is 2.05. The van der Waals surface area contributed by atoms with Crippen LogP contribution in [0.5, 0.6) is 0 Å². The van der Waals surface area contributed by atoms with Gasteiger partial charge in [-0.25, -0.2) is 8.42 Å². The Morgan fingerprint density at radius 3 is 2.54 bits per heavy atom. The molecule has 1 fully saturated rings. The second kappa shape index (κ2) is 4.66. The first-order chi connectivity index (χ1) is 5.97. The minimum absolute atomic E-state index is 0.293. The van der Waals surface area contributed by atoms with E-state index in [2.05, 4.69) is 5.32 Å². The van der Waals surface area contributed by atoms with Crippen molar-refractivity contribution in [2.45, 2.75) is 25.4 Å². The summed E-state index contributed by atoms with van der Waals surface area (Å²) in [6, 6.07) is 0.931. The van der Waals surface area contributed by atoms with Gasteiger partial charge in [0.05, 0.1) is 5.75 Å². The highest BCUT2D eigenvalue weighted by Gasteiger charge is 2.19. The van der Waals surface area contributed by atoms with Crippen molar-refractivity contribution in [2.75, 3.05) is 23.5 Å². The zero-order valence-corrected chi connectivity index (χ0v) is 9.75. The number of hydrogen-bond acceptors (Lipinski definition) is 4. The van der Waals surface area contributed by atoms with Gasteiger partial charge in [-0.05, 0) is 13.3 Å². The predicted molar refractivity (Wildman–Crippen MR) is 58.0 cm³/mol. The summed E-state index contributed by atoms with van der Waals surface area (Å²) < 4.78 is 21.7. The molecule has 1 N–H and O–H groups in total. The van der Waals surface area contributed by atoms with E-state index >= 15 is 0 Å². The van der Waals surface area contributed by atoms with Crippen molar-refractivity contribution in [1.29, 1.82) is 0 Å². The van der Waals surface area contributed by atoms with Crippen molar-refractivity contribution >= 4 is 21.6 Å². The van der Waals surface area contributed by atoms with Gasteiger partial charge in [0.25, 0.3) is 0 Å². The standard InChI is InChI=1S/C8H17NO2S2/c1-7(3-4-13(2,10)11)9-8-5-12-6-8/h7-9H,3-6H2,1-2H3. The Morgan fingerprint density at radius 2 is 2.15 bits per heavy atom. The van der Waals surface area contributed by atoms with E-state index in [1.807, 2.05) is 18.7 Å². The van der Waals surface area contributed by atoms with E-state index in [9.17, 15) is 8.42 Å². The Bertz CT molecular complexity index is 247. The Labute approximate surface area is 84.6 Å². The van der Waals surface area contributed by atoms with E-state index < -0.39 is 9.84 Å². The molecule has 1 aliphatic heterocycles. The van der Waals surface area contributed by atoms with E-state index in [0.29, 0.717) is 17.8 Å². The van der Waals surface area contributed by atoms with Crippen LogP contribution in [0, 0.1) is 0 Å². The third-order valence-corrected chi connectivity index (χ3v) is 4.33. The average Bonchev–Trinajstić information content (AvgIpc) is 1.91. The SMILES string of the molecule is CC(CCS(C)(=O)=O)NC1CSC1. The Kier molecular flexibility index (Phi) is 4.06. The maximum Gasteiger partial charge on any atom is 0.147 e. The molecule has 0 bridgehead atoms. The Morgan fingerprint density at radius 1 is 1.54 bits per heavy atom. The van der Waals surface area contributed by atoms with Crippen molar-refractivity contribution < 1.29 is 8.42 Å². The number of rotatable bonds is 5. The molecule has 1 unspecified atom stereocenters. The molecule has 0 saturated carbocycles. The number of sulfone groups is 1. The third-order valence-electron chi connectivity index (χ3n) is 2.08. The lowest BCUT2D eigenvalue weighted by molar-refractivity contribution is 0.475. The second-order valence-corrected chi connectivity index (χ2v) is 7.06. The molecule has 0 aliphatic carbocycles. The number of hydrogen-bond donors (Lipinski definition) is 1. The summed E-state index contributed by atoms with van der Waals surface area (Å²) in [5.41, 5.74) is 0. The maximum absolute atomic E-state index is 10.9. The van der Waals surface area contributed by atoms with Crippen LogP contribution in [-0.2, 0) is 9.84 Å². The van der Waals surface area contributed by atoms with Crippen LogP contribution >= 0.6 is 11.8 Å². The lowest BCUT2D eigenvalue weighted by Crippen LogP contribution is -2.45. The van der Waals surface area contributed by atoms with Crippen LogP contribution in [0.4, 0.5) is 0 Å². The van der Waals surface area contributed by atoms with Crippen LogP contribution in [0.2, 0.25) is 0 Å². The van der Waals surface area contributed by atoms with E-state index in [-0.39, 0.29) is 0 Å². The molecule has 0 radical (unpaired) electrons. The molecule has 1 rings (SSSR count). The minimum Gasteiger partial charge on any atom is -0.310 e. The lowest BCUT2D eigenvalue weighted by Gasteiger charge is -2.29. The van der Waals surface area contributed by atoms with Crippen LogP contribution in [0.1, 0.15) is 13.3 Å². The zero-order valence-electron chi connectivity index (χ0n) is 8.12. The van der Waals surface area contributed by atoms with Gasteiger partial charge in [0.2, 0.25) is 0 Å². The van der Waals surface area contributed by atoms with Gasteiger partial charge in [0.1, 0.15) is 9.84 Å². The van der Waals surface area contributed by atoms with Gasteiger partial charge in [-0.2, -0.15) is 11.8 Å². The summed E-state index contributed by atoms with van der Waals surface area (Å²) in [5, 5.41) is 3.40. The maximum atomic E-state index is 10.9. The molecule has 1 heterocycles. The molecular weight excluding hydrogens is 206 g/mol. The first kappa shape index (κ1) is 11.3. The van der Waals surface area contributed by atoms with E-state index in [4.69, 9.17) is 0 Å². The normalized spacial score (nSPS) is 21.1. The first-order valence-corrected chi connectivity index (χ1v) is 7.70. The second-order valence-electron chi connectivity index (χ2n) is 3.72. The Balaban J connectivity index is 2.13. The summed E-state index contributed by atoms with van der Waals surface area (Å²) >= 11 is 1.93. The van der Waals surface area contributed by atoms with Crippen LogP contribution in [0.15, 0.2) is 0 Å². The highest BCUT2D eigenvalue weighted by Crippen LogP contribution is 2.18. The smallest absolute Gasteiger partial charge is 0.147 e. The monoisotopic (exact) mass is 223 g/mol. The van der Waals surface area contributed by atoms with Gasteiger partial charge in [-0.3, -0.25) is 0 Å². The van der Waals surface area contributed by atoms with E-state index in [1.54, 1.807) is 0 Å². The molecule has 0 aromatic carbocycles. The fourth-order valence-corrected chi connectivity index (χ4v) is 2.65. The molecule has 3 nitrogen and oxygen atoms in total. The van der Waals surface area contributed by atoms with Crippen LogP contribution in [0.25, 0.3) is 0 Å². The highest BCUT2D eigenvalue weighted by atomic mass is 32.2. The molecule has 13 heavy (non-hydrogen) atoms. The van der Waals surface area contributed by atoms with Gasteiger partial charge in [-0.15, -0.1) is 0 Å². The van der Waals surface area contributed by atoms with Crippen LogP contribution < -0.4 is 5.32 Å². The number of nitrogens with one attached hydrogen (secondary N) is 1. The van der Waals surface area contributed by atoms with Gasteiger partial charge < -0.3 is 5.32 Å². The Hall–Kier alpha value is 0.260. The molecule has 5 heteroatoms. The van der Waals surface area contributed by atoms with Crippen molar-refractivity contribution in [3.05, 3.63) is 0 Å². The molecule has 1 atom stereocenters. The van der Waals surface area contributed by atoms with Gasteiger partial charge in [0, 0.05) is 29.8 Å². The quantitative estimate of drug-likeness (QED) is 0.738. The number of thioether (sulfide) groups is 1. The lowest BCUT2D eigenvalue weighted by atomic mass is 10.2. The summed E-state index contributed by atoms with van der Waals surface area (Å²) in [6.07, 6.45) is 2.01. The van der Waals surface area contributed by atoms with E-state index in [0.717, 1.165) is 6.42 Å². The van der Waals surface area contributed by atoms with Crippen molar-refractivity contribution in [2.24, 2.45) is 0 Å². The molecule has 0 spiro atoms. The predicted octanol–water partition coefficient (Wildman–Crippen LogP) is 0.515. The van der Waals surface area contributed by atoms with Crippen molar-refractivity contribution in [1.82, 2.24) is 5.32 Å². The first-order valence-electron chi connectivity index (χ1n) is 4.49. The molecule has 1 saturated heterocycles. The molecule has 0 aromatic heterocycles. The van der Waals surface area contributed by atoms with Gasteiger partial charge in [0.15, 0.2) is 0 Å². The molecule has 0 amide bonds. The van der Waals surface area contributed by atoms with Crippen LogP contribution in [-0.4, -0.2) is 44.0 Å². The van der Waals surface area contributed by atoms with Crippen molar-refractivity contribution in [3.8, 4) is 0 Å². The van der Waals surface area contributed by atoms with Gasteiger partial charge in [-0.1, -0.05) is 0 Å². The largest absolute Gasteiger partial charge is 0.310 e. The summed E-state index contributed by atoms with van der Waals surface area (Å²) in [7, 11) is -2.79. The topological polar surface area (TPSA) is 46.2 Å². The van der Waals surface area contributed by atoms with Crippen LogP contribution in [0.3, 0.4) is 0 Å². The molecular formula is C8H17NO2S2. The summed E-state index contributed by atoms with van der Waals surface area (Å²) in [5.74, 6) is 2.63. The van der Waals surface area contributed by atoms with Crippen molar-refractivity contribution in [3.63, 3.8) is 0 Å².